The number of benzene rings is 1. The lowest BCUT2D eigenvalue weighted by Crippen LogP contribution is -2.72. The van der Waals surface area contributed by atoms with Crippen molar-refractivity contribution in [2.24, 2.45) is 22.2 Å². The third-order valence-electron chi connectivity index (χ3n) is 7.49. The first kappa shape index (κ1) is 19.5. The number of guanidine groups is 1. The Morgan fingerprint density at radius 1 is 1.26 bits per heavy atom. The Morgan fingerprint density at radius 2 is 2.07 bits per heavy atom. The molecular weight excluding hydrogens is 449 g/mol. The molecule has 1 spiro atoms. The van der Waals surface area contributed by atoms with Crippen LogP contribution in [0.4, 0.5) is 0 Å². The molecule has 2 aliphatic heterocycles. The average Bonchev–Trinajstić information content (AvgIpc) is 3.24. The lowest BCUT2D eigenvalue weighted by molar-refractivity contribution is -0.171. The summed E-state index contributed by atoms with van der Waals surface area (Å²) in [5.41, 5.74) is 1.88. The van der Waals surface area contributed by atoms with E-state index in [9.17, 15) is 0 Å². The summed E-state index contributed by atoms with van der Waals surface area (Å²) in [6, 6.07) is 11.5. The lowest BCUT2D eigenvalue weighted by atomic mass is 9.46. The van der Waals surface area contributed by atoms with Gasteiger partial charge >= 0.3 is 0 Å². The van der Waals surface area contributed by atoms with Gasteiger partial charge in [-0.15, -0.1) is 24.0 Å². The van der Waals surface area contributed by atoms with Gasteiger partial charge in [-0.2, -0.15) is 0 Å². The molecule has 4 atom stereocenters. The SMILES string of the molecule is CN=C(NC1C2CCOC2C12CCC2)N1CCC(Cc2ccccc2)C1.I. The van der Waals surface area contributed by atoms with Crippen LogP contribution < -0.4 is 5.32 Å². The molecule has 148 valence electrons. The molecule has 1 N–H and O–H groups in total. The largest absolute Gasteiger partial charge is 0.377 e. The lowest BCUT2D eigenvalue weighted by Gasteiger charge is -2.63. The van der Waals surface area contributed by atoms with Crippen LogP contribution in [0.15, 0.2) is 35.3 Å². The van der Waals surface area contributed by atoms with Crippen molar-refractivity contribution in [1.82, 2.24) is 10.2 Å². The van der Waals surface area contributed by atoms with E-state index in [1.165, 1.54) is 44.1 Å². The highest BCUT2D eigenvalue weighted by Gasteiger charge is 2.66. The highest BCUT2D eigenvalue weighted by atomic mass is 127. The van der Waals surface area contributed by atoms with Crippen LogP contribution in [-0.2, 0) is 11.2 Å². The molecule has 0 aromatic heterocycles. The van der Waals surface area contributed by atoms with Crippen molar-refractivity contribution in [3.05, 3.63) is 35.9 Å². The number of fused-ring (bicyclic) bond motifs is 2. The Balaban J connectivity index is 0.00000180. The van der Waals surface area contributed by atoms with Crippen LogP contribution in [0, 0.1) is 17.3 Å². The van der Waals surface area contributed by atoms with E-state index in [0.717, 1.165) is 31.6 Å². The third-order valence-corrected chi connectivity index (χ3v) is 7.49. The van der Waals surface area contributed by atoms with Crippen molar-refractivity contribution in [2.45, 2.75) is 50.7 Å². The minimum absolute atomic E-state index is 0. The first-order chi connectivity index (χ1) is 12.8. The highest BCUT2D eigenvalue weighted by molar-refractivity contribution is 14.0. The average molecular weight is 481 g/mol. The number of aliphatic imine (C=N–C) groups is 1. The highest BCUT2D eigenvalue weighted by Crippen LogP contribution is 2.62. The van der Waals surface area contributed by atoms with Gasteiger partial charge in [0, 0.05) is 44.1 Å². The monoisotopic (exact) mass is 481 g/mol. The molecule has 27 heavy (non-hydrogen) atoms. The number of rotatable bonds is 3. The number of halogens is 1. The molecule has 2 heterocycles. The first-order valence-electron chi connectivity index (χ1n) is 10.4. The minimum atomic E-state index is 0. The summed E-state index contributed by atoms with van der Waals surface area (Å²) in [6.45, 7) is 3.21. The fourth-order valence-corrected chi connectivity index (χ4v) is 6.03. The molecule has 1 aromatic rings. The standard InChI is InChI=1S/C22H31N3O.HI/c1-23-21(24-19-18-9-13-26-20(18)22(19)10-5-11-22)25-12-8-17(15-25)14-16-6-3-2-4-7-16;/h2-4,6-7,17-20H,5,8-15H2,1H3,(H,23,24);1H. The molecular formula is C22H32IN3O. The molecule has 2 aliphatic carbocycles. The predicted molar refractivity (Wildman–Crippen MR) is 120 cm³/mol. The van der Waals surface area contributed by atoms with E-state index in [4.69, 9.17) is 4.74 Å². The van der Waals surface area contributed by atoms with Gasteiger partial charge < -0.3 is 15.0 Å². The van der Waals surface area contributed by atoms with Crippen LogP contribution in [0.3, 0.4) is 0 Å². The number of ether oxygens (including phenoxy) is 1. The molecule has 4 nitrogen and oxygen atoms in total. The maximum atomic E-state index is 6.07. The van der Waals surface area contributed by atoms with Gasteiger partial charge in [-0.25, -0.2) is 0 Å². The zero-order chi connectivity index (χ0) is 17.6. The van der Waals surface area contributed by atoms with Crippen LogP contribution in [0.25, 0.3) is 0 Å². The third kappa shape index (κ3) is 3.28. The van der Waals surface area contributed by atoms with Crippen LogP contribution in [-0.4, -0.2) is 49.7 Å². The van der Waals surface area contributed by atoms with Crippen LogP contribution in [0.5, 0.6) is 0 Å². The van der Waals surface area contributed by atoms with E-state index in [-0.39, 0.29) is 24.0 Å². The summed E-state index contributed by atoms with van der Waals surface area (Å²) in [7, 11) is 1.95. The van der Waals surface area contributed by atoms with Crippen molar-refractivity contribution in [1.29, 1.82) is 0 Å². The maximum Gasteiger partial charge on any atom is 0.193 e. The molecule has 5 rings (SSSR count). The second kappa shape index (κ2) is 7.90. The van der Waals surface area contributed by atoms with E-state index in [1.807, 2.05) is 7.05 Å². The van der Waals surface area contributed by atoms with Gasteiger partial charge in [-0.1, -0.05) is 36.8 Å². The van der Waals surface area contributed by atoms with Gasteiger partial charge in [0.2, 0.25) is 0 Å². The van der Waals surface area contributed by atoms with Gasteiger partial charge in [0.15, 0.2) is 5.96 Å². The molecule has 5 heteroatoms. The Labute approximate surface area is 180 Å². The Morgan fingerprint density at radius 3 is 2.78 bits per heavy atom. The summed E-state index contributed by atoms with van der Waals surface area (Å²) in [4.78, 5) is 7.15. The molecule has 2 saturated carbocycles. The summed E-state index contributed by atoms with van der Waals surface area (Å²) in [6.07, 6.45) is 8.22. The van der Waals surface area contributed by atoms with Gasteiger partial charge in [0.25, 0.3) is 0 Å². The quantitative estimate of drug-likeness (QED) is 0.407. The van der Waals surface area contributed by atoms with Crippen molar-refractivity contribution < 1.29 is 4.74 Å². The van der Waals surface area contributed by atoms with E-state index in [2.05, 4.69) is 45.5 Å². The van der Waals surface area contributed by atoms with E-state index < -0.39 is 0 Å². The number of likely N-dealkylation sites (tertiary alicyclic amines) is 1. The summed E-state index contributed by atoms with van der Waals surface area (Å²) < 4.78 is 6.07. The normalized spacial score (nSPS) is 33.8. The van der Waals surface area contributed by atoms with Gasteiger partial charge in [0.05, 0.1) is 6.10 Å². The zero-order valence-corrected chi connectivity index (χ0v) is 18.6. The van der Waals surface area contributed by atoms with Gasteiger partial charge in [-0.05, 0) is 43.6 Å². The maximum absolute atomic E-state index is 6.07. The van der Waals surface area contributed by atoms with E-state index in [1.54, 1.807) is 0 Å². The van der Waals surface area contributed by atoms with Crippen LogP contribution in [0.2, 0.25) is 0 Å². The molecule has 0 radical (unpaired) electrons. The molecule has 4 fully saturated rings. The van der Waals surface area contributed by atoms with Crippen LogP contribution >= 0.6 is 24.0 Å². The molecule has 1 aromatic carbocycles. The summed E-state index contributed by atoms with van der Waals surface area (Å²) in [5.74, 6) is 2.56. The molecule has 4 aliphatic rings. The number of hydrogen-bond donors (Lipinski definition) is 1. The second-order valence-corrected chi connectivity index (χ2v) is 8.79. The Hall–Kier alpha value is -0.820. The predicted octanol–water partition coefficient (Wildman–Crippen LogP) is 3.70. The molecule has 0 amide bonds. The van der Waals surface area contributed by atoms with E-state index >= 15 is 0 Å². The van der Waals surface area contributed by atoms with E-state index in [0.29, 0.717) is 23.5 Å². The number of hydrogen-bond acceptors (Lipinski definition) is 2. The molecule has 2 saturated heterocycles. The first-order valence-corrected chi connectivity index (χ1v) is 10.4. The molecule has 0 bridgehead atoms. The van der Waals surface area contributed by atoms with Gasteiger partial charge in [0.1, 0.15) is 0 Å². The fourth-order valence-electron chi connectivity index (χ4n) is 6.03. The Bertz CT molecular complexity index is 675. The number of nitrogens with one attached hydrogen (secondary N) is 1. The fraction of sp³-hybridized carbons (Fsp3) is 0.682. The van der Waals surface area contributed by atoms with Gasteiger partial charge in [-0.3, -0.25) is 4.99 Å². The van der Waals surface area contributed by atoms with Crippen molar-refractivity contribution >= 4 is 29.9 Å². The van der Waals surface area contributed by atoms with Crippen LogP contribution in [0.1, 0.15) is 37.7 Å². The topological polar surface area (TPSA) is 36.9 Å². The second-order valence-electron chi connectivity index (χ2n) is 8.79. The summed E-state index contributed by atoms with van der Waals surface area (Å²) in [5, 5.41) is 3.89. The number of nitrogens with zero attached hydrogens (tertiary/aromatic N) is 2. The summed E-state index contributed by atoms with van der Waals surface area (Å²) >= 11 is 0. The molecule has 4 unspecified atom stereocenters. The van der Waals surface area contributed by atoms with Crippen molar-refractivity contribution in [3.8, 4) is 0 Å². The van der Waals surface area contributed by atoms with Crippen molar-refractivity contribution in [3.63, 3.8) is 0 Å². The Kier molecular flexibility index (Phi) is 5.70. The minimum Gasteiger partial charge on any atom is -0.377 e. The zero-order valence-electron chi connectivity index (χ0n) is 16.3. The van der Waals surface area contributed by atoms with Crippen molar-refractivity contribution in [2.75, 3.05) is 26.7 Å². The smallest absolute Gasteiger partial charge is 0.193 e.